The Morgan fingerprint density at radius 1 is 1.50 bits per heavy atom. The van der Waals surface area contributed by atoms with Crippen LogP contribution in [0.15, 0.2) is 0 Å². The molecule has 0 N–H and O–H groups in total. The van der Waals surface area contributed by atoms with Gasteiger partial charge in [0.15, 0.2) is 0 Å². The van der Waals surface area contributed by atoms with E-state index in [4.69, 9.17) is 0 Å². The lowest BCUT2D eigenvalue weighted by Crippen LogP contribution is -2.02. The van der Waals surface area contributed by atoms with Gasteiger partial charge in [-0.05, 0) is 18.7 Å². The first-order valence-corrected chi connectivity index (χ1v) is 3.60. The molecule has 0 bridgehead atoms. The van der Waals surface area contributed by atoms with Crippen molar-refractivity contribution in [3.8, 4) is 0 Å². The maximum Gasteiger partial charge on any atom is 0.442 e. The van der Waals surface area contributed by atoms with Gasteiger partial charge >= 0.3 is 5.51 Å². The van der Waals surface area contributed by atoms with Crippen molar-refractivity contribution < 1.29 is 13.2 Å². The summed E-state index contributed by atoms with van der Waals surface area (Å²) >= 11 is 2.68. The van der Waals surface area contributed by atoms with Crippen molar-refractivity contribution in [2.45, 2.75) is 16.6 Å². The first-order valence-electron chi connectivity index (χ1n) is 1.80. The fraction of sp³-hybridized carbons (Fsp3) is 1.00. The molecule has 0 aliphatic carbocycles. The van der Waals surface area contributed by atoms with E-state index in [0.717, 1.165) is 0 Å². The molecule has 0 heterocycles. The van der Waals surface area contributed by atoms with Crippen LogP contribution < -0.4 is 0 Å². The minimum absolute atomic E-state index is 0.0718. The molecule has 0 unspecified atom stereocenters. The van der Waals surface area contributed by atoms with Gasteiger partial charge in [-0.15, -0.1) is 0 Å². The highest BCUT2D eigenvalue weighted by Gasteiger charge is 2.29. The van der Waals surface area contributed by atoms with Gasteiger partial charge in [-0.25, -0.2) is 0 Å². The topological polar surface area (TPSA) is 0 Å². The second kappa shape index (κ2) is 2.96. The van der Waals surface area contributed by atoms with E-state index in [1.807, 2.05) is 0 Å². The number of hydrogen-bond donors (Lipinski definition) is 0. The van der Waals surface area contributed by atoms with Crippen LogP contribution in [0.1, 0.15) is 6.92 Å². The van der Waals surface area contributed by atoms with Crippen molar-refractivity contribution >= 4 is 27.7 Å². The third-order valence-corrected chi connectivity index (χ3v) is 1.45. The Bertz CT molecular complexity index is 69.4. The van der Waals surface area contributed by atoms with Gasteiger partial charge in [0.05, 0.1) is 4.16 Å². The van der Waals surface area contributed by atoms with E-state index in [2.05, 4.69) is 15.9 Å². The third-order valence-electron chi connectivity index (χ3n) is 0.296. The van der Waals surface area contributed by atoms with Gasteiger partial charge in [-0.2, -0.15) is 13.2 Å². The van der Waals surface area contributed by atoms with E-state index in [0.29, 0.717) is 0 Å². The summed E-state index contributed by atoms with van der Waals surface area (Å²) in [6.45, 7) is 1.43. The van der Waals surface area contributed by atoms with Crippen molar-refractivity contribution in [1.82, 2.24) is 0 Å². The SMILES string of the molecule is C[C@H](Br)SC(F)(F)F. The van der Waals surface area contributed by atoms with Gasteiger partial charge < -0.3 is 0 Å². The first-order chi connectivity index (χ1) is 3.42. The zero-order valence-electron chi connectivity index (χ0n) is 4.00. The molecule has 0 rings (SSSR count). The maximum atomic E-state index is 11.2. The van der Waals surface area contributed by atoms with Gasteiger partial charge in [-0.3, -0.25) is 0 Å². The van der Waals surface area contributed by atoms with Crippen molar-refractivity contribution in [2.75, 3.05) is 0 Å². The van der Waals surface area contributed by atoms with E-state index in [1.54, 1.807) is 0 Å². The normalized spacial score (nSPS) is 16.1. The van der Waals surface area contributed by atoms with Gasteiger partial charge in [0, 0.05) is 0 Å². The van der Waals surface area contributed by atoms with Crippen LogP contribution in [0.2, 0.25) is 0 Å². The van der Waals surface area contributed by atoms with Crippen LogP contribution in [0, 0.1) is 0 Å². The Morgan fingerprint density at radius 2 is 1.88 bits per heavy atom. The van der Waals surface area contributed by atoms with E-state index in [9.17, 15) is 13.2 Å². The zero-order valence-corrected chi connectivity index (χ0v) is 6.40. The molecule has 0 radical (unpaired) electrons. The molecule has 0 aliphatic heterocycles. The summed E-state index contributed by atoms with van der Waals surface area (Å²) in [4.78, 5) is 0. The lowest BCUT2D eigenvalue weighted by molar-refractivity contribution is -0.0328. The van der Waals surface area contributed by atoms with Crippen LogP contribution in [0.4, 0.5) is 13.2 Å². The van der Waals surface area contributed by atoms with E-state index < -0.39 is 9.67 Å². The van der Waals surface area contributed by atoms with Crippen LogP contribution in [-0.2, 0) is 0 Å². The second-order valence-electron chi connectivity index (χ2n) is 1.11. The van der Waals surface area contributed by atoms with Gasteiger partial charge in [0.25, 0.3) is 0 Å². The Hall–Kier alpha value is 0.620. The van der Waals surface area contributed by atoms with E-state index >= 15 is 0 Å². The third kappa shape index (κ3) is 6.62. The molecule has 50 valence electrons. The van der Waals surface area contributed by atoms with Gasteiger partial charge in [0.1, 0.15) is 0 Å². The monoisotopic (exact) mass is 208 g/mol. The minimum Gasteiger partial charge on any atom is -0.160 e. The minimum atomic E-state index is -4.11. The molecule has 0 aromatic heterocycles. The Kier molecular flexibility index (Phi) is 3.19. The standard InChI is InChI=1S/C3H4BrF3S/c1-2(4)8-3(5,6)7/h2H,1H3/t2-/m1/s1. The van der Waals surface area contributed by atoms with Gasteiger partial charge in [-0.1, -0.05) is 15.9 Å². The molecule has 0 aliphatic rings. The predicted octanol–water partition coefficient (Wildman–Crippen LogP) is 2.98. The fourth-order valence-corrected chi connectivity index (χ4v) is 1.19. The van der Waals surface area contributed by atoms with Crippen molar-refractivity contribution in [2.24, 2.45) is 0 Å². The number of rotatable bonds is 1. The molecule has 0 amide bonds. The molecule has 5 heteroatoms. The zero-order chi connectivity index (χ0) is 6.78. The average molecular weight is 209 g/mol. The molecular weight excluding hydrogens is 205 g/mol. The van der Waals surface area contributed by atoms with Crippen LogP contribution >= 0.6 is 27.7 Å². The summed E-state index contributed by atoms with van der Waals surface area (Å²) in [6, 6.07) is 0. The number of hydrogen-bond acceptors (Lipinski definition) is 1. The summed E-state index contributed by atoms with van der Waals surface area (Å²) in [5, 5.41) is 0. The summed E-state index contributed by atoms with van der Waals surface area (Å²) in [5.74, 6) is 0. The fourth-order valence-electron chi connectivity index (χ4n) is 0.184. The van der Waals surface area contributed by atoms with E-state index in [1.165, 1.54) is 6.92 Å². The molecule has 0 aromatic carbocycles. The molecule has 0 saturated heterocycles. The summed E-state index contributed by atoms with van der Waals surface area (Å²) in [6.07, 6.45) is 0. The quantitative estimate of drug-likeness (QED) is 0.598. The summed E-state index contributed by atoms with van der Waals surface area (Å²) in [7, 11) is 0. The van der Waals surface area contributed by atoms with Crippen molar-refractivity contribution in [3.63, 3.8) is 0 Å². The highest BCUT2D eigenvalue weighted by Crippen LogP contribution is 2.35. The Morgan fingerprint density at radius 3 is 1.88 bits per heavy atom. The average Bonchev–Trinajstić information content (AvgIpc) is 1.21. The van der Waals surface area contributed by atoms with Crippen LogP contribution in [-0.4, -0.2) is 9.67 Å². The van der Waals surface area contributed by atoms with Crippen LogP contribution in [0.5, 0.6) is 0 Å². The van der Waals surface area contributed by atoms with Crippen molar-refractivity contribution in [3.05, 3.63) is 0 Å². The summed E-state index contributed by atoms with van der Waals surface area (Å²) in [5.41, 5.74) is -4.11. The Labute approximate surface area is 58.0 Å². The van der Waals surface area contributed by atoms with Crippen LogP contribution in [0.25, 0.3) is 0 Å². The molecule has 0 aromatic rings. The molecule has 0 fully saturated rings. The smallest absolute Gasteiger partial charge is 0.160 e. The number of halogens is 4. The molecule has 0 nitrogen and oxygen atoms in total. The lowest BCUT2D eigenvalue weighted by Gasteiger charge is -2.05. The number of thioether (sulfide) groups is 1. The highest BCUT2D eigenvalue weighted by atomic mass is 79.9. The van der Waals surface area contributed by atoms with E-state index in [-0.39, 0.29) is 11.8 Å². The summed E-state index contributed by atoms with van der Waals surface area (Å²) < 4.78 is 33.2. The molecule has 1 atom stereocenters. The van der Waals surface area contributed by atoms with Gasteiger partial charge in [0.2, 0.25) is 0 Å². The lowest BCUT2D eigenvalue weighted by atomic mass is 11.0. The van der Waals surface area contributed by atoms with Crippen molar-refractivity contribution in [1.29, 1.82) is 0 Å². The highest BCUT2D eigenvalue weighted by molar-refractivity contribution is 9.11. The predicted molar refractivity (Wildman–Crippen MR) is 32.0 cm³/mol. The Balaban J connectivity index is 3.39. The second-order valence-corrected chi connectivity index (χ2v) is 4.49. The molecule has 0 saturated carbocycles. The molecular formula is C3H4BrF3S. The number of alkyl halides is 4. The largest absolute Gasteiger partial charge is 0.442 e. The first kappa shape index (κ1) is 8.62. The molecule has 8 heavy (non-hydrogen) atoms. The molecule has 0 spiro atoms. The van der Waals surface area contributed by atoms with Crippen LogP contribution in [0.3, 0.4) is 0 Å². The maximum absolute atomic E-state index is 11.2.